The lowest BCUT2D eigenvalue weighted by atomic mass is 10.1. The Bertz CT molecular complexity index is 666. The summed E-state index contributed by atoms with van der Waals surface area (Å²) < 4.78 is 0. The van der Waals surface area contributed by atoms with Crippen LogP contribution in [0.4, 0.5) is 0 Å². The average Bonchev–Trinajstić information content (AvgIpc) is 3.17. The Morgan fingerprint density at radius 2 is 2.05 bits per heavy atom. The first kappa shape index (κ1) is 13.4. The molecule has 0 spiro atoms. The van der Waals surface area contributed by atoms with E-state index in [2.05, 4.69) is 10.2 Å². The Hall–Kier alpha value is -2.63. The molecule has 1 aliphatic heterocycles. The van der Waals surface area contributed by atoms with Crippen LogP contribution in [0.3, 0.4) is 0 Å². The second kappa shape index (κ2) is 5.40. The number of hydrogen-bond donors (Lipinski definition) is 2. The predicted octanol–water partition coefficient (Wildman–Crippen LogP) is 1.62. The number of nitrogens with zero attached hydrogens (tertiary/aromatic N) is 2. The first-order valence-electron chi connectivity index (χ1n) is 6.78. The van der Waals surface area contributed by atoms with Crippen LogP contribution in [-0.4, -0.2) is 45.2 Å². The molecule has 1 saturated heterocycles. The molecule has 1 aromatic heterocycles. The van der Waals surface area contributed by atoms with Crippen molar-refractivity contribution in [3.05, 3.63) is 42.1 Å². The van der Waals surface area contributed by atoms with Crippen LogP contribution in [-0.2, 0) is 4.79 Å². The maximum Gasteiger partial charge on any atom is 0.308 e. The summed E-state index contributed by atoms with van der Waals surface area (Å²) in [6.45, 7) is 0.726. The van der Waals surface area contributed by atoms with Gasteiger partial charge in [-0.15, -0.1) is 0 Å². The molecule has 3 rings (SSSR count). The summed E-state index contributed by atoms with van der Waals surface area (Å²) in [7, 11) is 0. The Morgan fingerprint density at radius 3 is 2.71 bits per heavy atom. The van der Waals surface area contributed by atoms with Gasteiger partial charge in [-0.1, -0.05) is 30.3 Å². The Labute approximate surface area is 121 Å². The number of benzene rings is 1. The van der Waals surface area contributed by atoms with Crippen LogP contribution in [0.25, 0.3) is 11.3 Å². The highest BCUT2D eigenvalue weighted by molar-refractivity contribution is 5.94. The summed E-state index contributed by atoms with van der Waals surface area (Å²) in [6.07, 6.45) is 0.501. The number of H-pyrrole nitrogens is 1. The standard InChI is InChI=1S/C15H15N3O3/c19-14(18-7-6-11(9-18)15(20)21)13-8-12(16-17-13)10-4-2-1-3-5-10/h1-5,8,11H,6-7,9H2,(H,16,17)(H,20,21)/t11-/m1/s1. The molecule has 0 radical (unpaired) electrons. The Kier molecular flexibility index (Phi) is 3.43. The van der Waals surface area contributed by atoms with Crippen molar-refractivity contribution in [2.75, 3.05) is 13.1 Å². The number of aromatic nitrogens is 2. The average molecular weight is 285 g/mol. The number of aromatic amines is 1. The summed E-state index contributed by atoms with van der Waals surface area (Å²) in [5.41, 5.74) is 2.02. The molecular formula is C15H15N3O3. The summed E-state index contributed by atoms with van der Waals surface area (Å²) in [6, 6.07) is 11.3. The Morgan fingerprint density at radius 1 is 1.29 bits per heavy atom. The van der Waals surface area contributed by atoms with Crippen molar-refractivity contribution in [2.24, 2.45) is 5.92 Å². The minimum Gasteiger partial charge on any atom is -0.481 e. The number of amides is 1. The molecule has 2 aromatic rings. The number of aliphatic carboxylic acids is 1. The van der Waals surface area contributed by atoms with E-state index in [0.29, 0.717) is 24.4 Å². The van der Waals surface area contributed by atoms with Gasteiger partial charge in [0.1, 0.15) is 5.69 Å². The topological polar surface area (TPSA) is 86.3 Å². The van der Waals surface area contributed by atoms with Crippen LogP contribution in [0.1, 0.15) is 16.9 Å². The molecular weight excluding hydrogens is 270 g/mol. The van der Waals surface area contributed by atoms with Crippen molar-refractivity contribution in [2.45, 2.75) is 6.42 Å². The van der Waals surface area contributed by atoms with Crippen molar-refractivity contribution in [1.82, 2.24) is 15.1 Å². The third kappa shape index (κ3) is 2.65. The molecule has 1 aromatic carbocycles. The molecule has 21 heavy (non-hydrogen) atoms. The molecule has 2 heterocycles. The predicted molar refractivity (Wildman–Crippen MR) is 75.7 cm³/mol. The van der Waals surface area contributed by atoms with Gasteiger partial charge in [-0.2, -0.15) is 5.10 Å². The normalized spacial score (nSPS) is 17.9. The van der Waals surface area contributed by atoms with Crippen LogP contribution in [0.5, 0.6) is 0 Å². The molecule has 1 fully saturated rings. The van der Waals surface area contributed by atoms with E-state index < -0.39 is 11.9 Å². The first-order chi connectivity index (χ1) is 10.1. The Balaban J connectivity index is 1.75. The highest BCUT2D eigenvalue weighted by atomic mass is 16.4. The second-order valence-electron chi connectivity index (χ2n) is 5.11. The van der Waals surface area contributed by atoms with Crippen LogP contribution in [0.15, 0.2) is 36.4 Å². The van der Waals surface area contributed by atoms with Gasteiger partial charge >= 0.3 is 5.97 Å². The van der Waals surface area contributed by atoms with Crippen molar-refractivity contribution in [1.29, 1.82) is 0 Å². The fraction of sp³-hybridized carbons (Fsp3) is 0.267. The van der Waals surface area contributed by atoms with Crippen LogP contribution < -0.4 is 0 Å². The van der Waals surface area contributed by atoms with Gasteiger partial charge < -0.3 is 10.0 Å². The fourth-order valence-corrected chi connectivity index (χ4v) is 2.50. The summed E-state index contributed by atoms with van der Waals surface area (Å²) in [4.78, 5) is 24.8. The third-order valence-corrected chi connectivity index (χ3v) is 3.70. The minimum atomic E-state index is -0.847. The van der Waals surface area contributed by atoms with E-state index in [1.807, 2.05) is 30.3 Å². The number of likely N-dealkylation sites (tertiary alicyclic amines) is 1. The molecule has 108 valence electrons. The molecule has 2 N–H and O–H groups in total. The van der Waals surface area contributed by atoms with Gasteiger partial charge in [-0.05, 0) is 12.5 Å². The van der Waals surface area contributed by atoms with Crippen molar-refractivity contribution < 1.29 is 14.7 Å². The van der Waals surface area contributed by atoms with Crippen molar-refractivity contribution >= 4 is 11.9 Å². The monoisotopic (exact) mass is 285 g/mol. The zero-order valence-corrected chi connectivity index (χ0v) is 11.3. The zero-order chi connectivity index (χ0) is 14.8. The maximum absolute atomic E-state index is 12.3. The molecule has 1 atom stereocenters. The SMILES string of the molecule is O=C(O)[C@@H]1CCN(C(=O)c2cc(-c3ccccc3)n[nH]2)C1. The lowest BCUT2D eigenvalue weighted by molar-refractivity contribution is -0.141. The number of carboxylic acid groups (broad SMARTS) is 1. The molecule has 0 saturated carbocycles. The van der Waals surface area contributed by atoms with Gasteiger partial charge in [0.05, 0.1) is 11.6 Å². The van der Waals surface area contributed by atoms with Crippen LogP contribution in [0, 0.1) is 5.92 Å². The number of nitrogens with one attached hydrogen (secondary N) is 1. The van der Waals surface area contributed by atoms with E-state index in [4.69, 9.17) is 5.11 Å². The highest BCUT2D eigenvalue weighted by Crippen LogP contribution is 2.21. The minimum absolute atomic E-state index is 0.201. The van der Waals surface area contributed by atoms with E-state index in [1.54, 1.807) is 11.0 Å². The lowest BCUT2D eigenvalue weighted by Crippen LogP contribution is -2.30. The molecule has 0 unspecified atom stereocenters. The number of hydrogen-bond acceptors (Lipinski definition) is 3. The van der Waals surface area contributed by atoms with E-state index >= 15 is 0 Å². The van der Waals surface area contributed by atoms with E-state index in [-0.39, 0.29) is 12.5 Å². The quantitative estimate of drug-likeness (QED) is 0.897. The highest BCUT2D eigenvalue weighted by Gasteiger charge is 2.31. The van der Waals surface area contributed by atoms with Gasteiger partial charge in [0.15, 0.2) is 0 Å². The molecule has 1 aliphatic rings. The first-order valence-corrected chi connectivity index (χ1v) is 6.78. The second-order valence-corrected chi connectivity index (χ2v) is 5.11. The van der Waals surface area contributed by atoms with Crippen LogP contribution in [0.2, 0.25) is 0 Å². The van der Waals surface area contributed by atoms with Crippen LogP contribution >= 0.6 is 0 Å². The van der Waals surface area contributed by atoms with Crippen molar-refractivity contribution in [3.63, 3.8) is 0 Å². The molecule has 0 bridgehead atoms. The van der Waals surface area contributed by atoms with Gasteiger partial charge in [0.2, 0.25) is 0 Å². The number of carbonyl (C=O) groups is 2. The van der Waals surface area contributed by atoms with Gasteiger partial charge in [-0.25, -0.2) is 0 Å². The fourth-order valence-electron chi connectivity index (χ4n) is 2.50. The van der Waals surface area contributed by atoms with E-state index in [0.717, 1.165) is 5.56 Å². The van der Waals surface area contributed by atoms with Gasteiger partial charge in [0.25, 0.3) is 5.91 Å². The third-order valence-electron chi connectivity index (χ3n) is 3.70. The van der Waals surface area contributed by atoms with Gasteiger partial charge in [-0.3, -0.25) is 14.7 Å². The number of carboxylic acids is 1. The van der Waals surface area contributed by atoms with Crippen molar-refractivity contribution in [3.8, 4) is 11.3 Å². The number of carbonyl (C=O) groups excluding carboxylic acids is 1. The number of rotatable bonds is 3. The molecule has 1 amide bonds. The van der Waals surface area contributed by atoms with E-state index in [9.17, 15) is 9.59 Å². The molecule has 6 nitrogen and oxygen atoms in total. The van der Waals surface area contributed by atoms with Gasteiger partial charge in [0, 0.05) is 18.7 Å². The summed E-state index contributed by atoms with van der Waals surface area (Å²) in [5, 5.41) is 15.9. The maximum atomic E-state index is 12.3. The summed E-state index contributed by atoms with van der Waals surface area (Å²) in [5.74, 6) is -1.52. The molecule has 0 aliphatic carbocycles. The molecule has 6 heteroatoms. The lowest BCUT2D eigenvalue weighted by Gasteiger charge is -2.13. The zero-order valence-electron chi connectivity index (χ0n) is 11.3. The summed E-state index contributed by atoms with van der Waals surface area (Å²) >= 11 is 0. The smallest absolute Gasteiger partial charge is 0.308 e. The van der Waals surface area contributed by atoms with E-state index in [1.165, 1.54) is 0 Å². The largest absolute Gasteiger partial charge is 0.481 e.